The summed E-state index contributed by atoms with van der Waals surface area (Å²) >= 11 is 1.61. The zero-order valence-electron chi connectivity index (χ0n) is 18.2. The third-order valence-electron chi connectivity index (χ3n) is 4.97. The van der Waals surface area contributed by atoms with E-state index < -0.39 is 0 Å². The van der Waals surface area contributed by atoms with Crippen LogP contribution < -0.4 is 4.74 Å². The second-order valence-corrected chi connectivity index (χ2v) is 8.33. The molecule has 0 saturated heterocycles. The molecule has 0 unspecified atom stereocenters. The van der Waals surface area contributed by atoms with Gasteiger partial charge in [0.2, 0.25) is 0 Å². The van der Waals surface area contributed by atoms with Gasteiger partial charge < -0.3 is 9.64 Å². The molecule has 4 aromatic rings. The Balaban J connectivity index is 1.61. The molecule has 0 atom stereocenters. The maximum Gasteiger partial charge on any atom is 0.253 e. The van der Waals surface area contributed by atoms with Crippen molar-refractivity contribution in [1.82, 2.24) is 19.7 Å². The first-order chi connectivity index (χ1) is 15.6. The second kappa shape index (κ2) is 9.70. The van der Waals surface area contributed by atoms with Gasteiger partial charge in [0.05, 0.1) is 7.11 Å². The van der Waals surface area contributed by atoms with Crippen molar-refractivity contribution >= 4 is 17.7 Å². The van der Waals surface area contributed by atoms with Crippen LogP contribution in [0.2, 0.25) is 0 Å². The molecule has 0 aliphatic heterocycles. The third kappa shape index (κ3) is 4.68. The Labute approximate surface area is 191 Å². The molecule has 6 nitrogen and oxygen atoms in total. The predicted octanol–water partition coefficient (Wildman–Crippen LogP) is 4.94. The number of carbonyl (C=O) groups excluding carboxylic acids is 1. The molecule has 0 radical (unpaired) electrons. The summed E-state index contributed by atoms with van der Waals surface area (Å²) in [5.74, 6) is 2.28. The van der Waals surface area contributed by atoms with Crippen LogP contribution in [0, 0.1) is 0 Å². The lowest BCUT2D eigenvalue weighted by Gasteiger charge is -2.11. The van der Waals surface area contributed by atoms with Gasteiger partial charge in [0, 0.05) is 36.7 Å². The van der Waals surface area contributed by atoms with Crippen LogP contribution >= 0.6 is 11.8 Å². The average molecular weight is 445 g/mol. The SMILES string of the molecule is COc1ccc(-c2nnc(SCc3ccc(C(=O)N(C)C)cc3)n2-c2ccccc2)cc1. The first-order valence-electron chi connectivity index (χ1n) is 10.2. The van der Waals surface area contributed by atoms with Crippen LogP contribution in [0.25, 0.3) is 17.1 Å². The molecule has 0 fully saturated rings. The number of hydrogen-bond donors (Lipinski definition) is 0. The number of rotatable bonds is 7. The summed E-state index contributed by atoms with van der Waals surface area (Å²) in [5.41, 5.74) is 3.75. The highest BCUT2D eigenvalue weighted by atomic mass is 32.2. The predicted molar refractivity (Wildman–Crippen MR) is 127 cm³/mol. The molecule has 1 heterocycles. The van der Waals surface area contributed by atoms with Crippen LogP contribution in [-0.2, 0) is 5.75 Å². The van der Waals surface area contributed by atoms with Gasteiger partial charge in [-0.25, -0.2) is 0 Å². The molecule has 1 amide bonds. The van der Waals surface area contributed by atoms with E-state index in [1.165, 1.54) is 0 Å². The summed E-state index contributed by atoms with van der Waals surface area (Å²) < 4.78 is 7.34. The van der Waals surface area contributed by atoms with Crippen molar-refractivity contribution < 1.29 is 9.53 Å². The molecular weight excluding hydrogens is 420 g/mol. The Hall–Kier alpha value is -3.58. The van der Waals surface area contributed by atoms with Crippen molar-refractivity contribution in [3.8, 4) is 22.8 Å². The second-order valence-electron chi connectivity index (χ2n) is 7.39. The van der Waals surface area contributed by atoms with Gasteiger partial charge in [-0.3, -0.25) is 9.36 Å². The molecule has 0 saturated carbocycles. The Morgan fingerprint density at radius 3 is 2.25 bits per heavy atom. The molecule has 0 aliphatic carbocycles. The van der Waals surface area contributed by atoms with Crippen molar-refractivity contribution in [2.45, 2.75) is 10.9 Å². The highest BCUT2D eigenvalue weighted by Crippen LogP contribution is 2.30. The van der Waals surface area contributed by atoms with E-state index in [0.29, 0.717) is 11.3 Å². The molecule has 7 heteroatoms. The number of amides is 1. The fourth-order valence-corrected chi connectivity index (χ4v) is 4.16. The van der Waals surface area contributed by atoms with Crippen molar-refractivity contribution in [2.75, 3.05) is 21.2 Å². The zero-order chi connectivity index (χ0) is 22.5. The zero-order valence-corrected chi connectivity index (χ0v) is 19.0. The molecule has 0 N–H and O–H groups in total. The van der Waals surface area contributed by atoms with Crippen molar-refractivity contribution in [3.05, 3.63) is 90.0 Å². The minimum absolute atomic E-state index is 0.00263. The smallest absolute Gasteiger partial charge is 0.253 e. The van der Waals surface area contributed by atoms with Crippen LogP contribution in [-0.4, -0.2) is 46.8 Å². The van der Waals surface area contributed by atoms with E-state index in [1.54, 1.807) is 37.9 Å². The number of carbonyl (C=O) groups is 1. The molecule has 0 spiro atoms. The lowest BCUT2D eigenvalue weighted by molar-refractivity contribution is 0.0827. The molecule has 0 aliphatic rings. The van der Waals surface area contributed by atoms with Gasteiger partial charge in [0.15, 0.2) is 11.0 Å². The number of thioether (sulfide) groups is 1. The molecule has 0 bridgehead atoms. The third-order valence-corrected chi connectivity index (χ3v) is 5.97. The minimum Gasteiger partial charge on any atom is -0.497 e. The van der Waals surface area contributed by atoms with Crippen LogP contribution in [0.15, 0.2) is 84.0 Å². The first-order valence-corrected chi connectivity index (χ1v) is 11.1. The van der Waals surface area contributed by atoms with E-state index in [2.05, 4.69) is 14.8 Å². The van der Waals surface area contributed by atoms with Gasteiger partial charge >= 0.3 is 0 Å². The molecule has 4 rings (SSSR count). The van der Waals surface area contributed by atoms with Gasteiger partial charge in [-0.2, -0.15) is 0 Å². The molecule has 32 heavy (non-hydrogen) atoms. The quantitative estimate of drug-likeness (QED) is 0.378. The summed E-state index contributed by atoms with van der Waals surface area (Å²) in [5, 5.41) is 9.77. The lowest BCUT2D eigenvalue weighted by atomic mass is 10.1. The van der Waals surface area contributed by atoms with E-state index in [4.69, 9.17) is 4.74 Å². The fourth-order valence-electron chi connectivity index (χ4n) is 3.25. The lowest BCUT2D eigenvalue weighted by Crippen LogP contribution is -2.21. The van der Waals surface area contributed by atoms with Crippen molar-refractivity contribution in [3.63, 3.8) is 0 Å². The van der Waals surface area contributed by atoms with E-state index in [0.717, 1.165) is 33.5 Å². The number of hydrogen-bond acceptors (Lipinski definition) is 5. The number of para-hydroxylation sites is 1. The van der Waals surface area contributed by atoms with E-state index in [-0.39, 0.29) is 5.91 Å². The molecular formula is C25H24N4O2S. The Morgan fingerprint density at radius 1 is 0.938 bits per heavy atom. The summed E-state index contributed by atoms with van der Waals surface area (Å²) in [4.78, 5) is 13.7. The molecule has 3 aromatic carbocycles. The Morgan fingerprint density at radius 2 is 1.62 bits per heavy atom. The average Bonchev–Trinajstić information content (AvgIpc) is 3.27. The Bertz CT molecular complexity index is 1190. The molecule has 1 aromatic heterocycles. The fraction of sp³-hybridized carbons (Fsp3) is 0.160. The van der Waals surface area contributed by atoms with Crippen molar-refractivity contribution in [2.24, 2.45) is 0 Å². The number of ether oxygens (including phenoxy) is 1. The summed E-state index contributed by atoms with van der Waals surface area (Å²) in [6.45, 7) is 0. The van der Waals surface area contributed by atoms with Crippen LogP contribution in [0.3, 0.4) is 0 Å². The normalized spacial score (nSPS) is 10.7. The largest absolute Gasteiger partial charge is 0.497 e. The van der Waals surface area contributed by atoms with Crippen LogP contribution in [0.1, 0.15) is 15.9 Å². The highest BCUT2D eigenvalue weighted by molar-refractivity contribution is 7.98. The van der Waals surface area contributed by atoms with E-state index in [9.17, 15) is 4.79 Å². The van der Waals surface area contributed by atoms with Gasteiger partial charge in [0.25, 0.3) is 5.91 Å². The van der Waals surface area contributed by atoms with Gasteiger partial charge in [-0.05, 0) is 54.1 Å². The van der Waals surface area contributed by atoms with E-state index in [1.807, 2.05) is 78.9 Å². The molecule has 162 valence electrons. The number of methoxy groups -OCH3 is 1. The number of aromatic nitrogens is 3. The summed E-state index contributed by atoms with van der Waals surface area (Å²) in [7, 11) is 5.16. The van der Waals surface area contributed by atoms with Gasteiger partial charge in [-0.15, -0.1) is 10.2 Å². The van der Waals surface area contributed by atoms with Crippen LogP contribution in [0.4, 0.5) is 0 Å². The summed E-state index contributed by atoms with van der Waals surface area (Å²) in [6.07, 6.45) is 0. The van der Waals surface area contributed by atoms with Gasteiger partial charge in [0.1, 0.15) is 5.75 Å². The van der Waals surface area contributed by atoms with Crippen molar-refractivity contribution in [1.29, 1.82) is 0 Å². The maximum absolute atomic E-state index is 12.1. The van der Waals surface area contributed by atoms with Crippen LogP contribution in [0.5, 0.6) is 5.75 Å². The highest BCUT2D eigenvalue weighted by Gasteiger charge is 2.16. The number of benzene rings is 3. The monoisotopic (exact) mass is 444 g/mol. The van der Waals surface area contributed by atoms with E-state index >= 15 is 0 Å². The minimum atomic E-state index is -0.00263. The Kier molecular flexibility index (Phi) is 6.56. The maximum atomic E-state index is 12.1. The topological polar surface area (TPSA) is 60.3 Å². The van der Waals surface area contributed by atoms with Gasteiger partial charge in [-0.1, -0.05) is 42.1 Å². The summed E-state index contributed by atoms with van der Waals surface area (Å²) in [6, 6.07) is 25.6. The standard InChI is InChI=1S/C25H24N4O2S/c1-28(2)24(30)20-11-9-18(10-12-20)17-32-25-27-26-23(19-13-15-22(31-3)16-14-19)29(25)21-7-5-4-6-8-21/h4-16H,17H2,1-3H3. The first kappa shape index (κ1) is 21.6. The number of nitrogens with zero attached hydrogens (tertiary/aromatic N) is 4.